The molecule has 19 heavy (non-hydrogen) atoms. The molecule has 0 bridgehead atoms. The van der Waals surface area contributed by atoms with Crippen molar-refractivity contribution < 1.29 is 9.18 Å². The first-order valence-corrected chi connectivity index (χ1v) is 7.15. The highest BCUT2D eigenvalue weighted by molar-refractivity contribution is 9.11. The van der Waals surface area contributed by atoms with Gasteiger partial charge >= 0.3 is 0 Å². The molecule has 0 aliphatic rings. The molecule has 1 amide bonds. The number of aryl methyl sites for hydroxylation is 1. The number of benzene rings is 1. The molecule has 1 heterocycles. The number of carbonyl (C=O) groups excluding carboxylic acids is 1. The molecule has 2 aromatic rings. The number of thiophene rings is 1. The minimum atomic E-state index is -0.669. The van der Waals surface area contributed by atoms with Crippen molar-refractivity contribution in [2.75, 3.05) is 5.32 Å². The van der Waals surface area contributed by atoms with Crippen LogP contribution in [-0.4, -0.2) is 5.91 Å². The largest absolute Gasteiger partial charge is 0.369 e. The minimum absolute atomic E-state index is 0.349. The fraction of sp³-hybridized carbons (Fsp3) is 0.154. The van der Waals surface area contributed by atoms with Crippen LogP contribution in [0.25, 0.3) is 0 Å². The highest BCUT2D eigenvalue weighted by Crippen LogP contribution is 2.29. The lowest BCUT2D eigenvalue weighted by Crippen LogP contribution is -2.27. The fourth-order valence-electron chi connectivity index (χ4n) is 1.75. The Bertz CT molecular complexity index is 594. The molecule has 3 nitrogen and oxygen atoms in total. The van der Waals surface area contributed by atoms with Crippen LogP contribution in [0.15, 0.2) is 34.1 Å². The SMILES string of the molecule is Cc1cc(F)cc(NC(C(N)=O)c2ccc(Br)s2)c1. The van der Waals surface area contributed by atoms with Gasteiger partial charge in [-0.3, -0.25) is 4.79 Å². The normalized spacial score (nSPS) is 12.2. The number of halogens is 2. The summed E-state index contributed by atoms with van der Waals surface area (Å²) < 4.78 is 14.2. The van der Waals surface area contributed by atoms with Gasteiger partial charge in [0.25, 0.3) is 0 Å². The van der Waals surface area contributed by atoms with Crippen LogP contribution in [0.3, 0.4) is 0 Å². The molecule has 1 aromatic heterocycles. The van der Waals surface area contributed by atoms with Gasteiger partial charge in [0.15, 0.2) is 0 Å². The summed E-state index contributed by atoms with van der Waals surface area (Å²) in [6.07, 6.45) is 0. The van der Waals surface area contributed by atoms with Crippen LogP contribution in [0.5, 0.6) is 0 Å². The quantitative estimate of drug-likeness (QED) is 0.891. The summed E-state index contributed by atoms with van der Waals surface area (Å²) in [6, 6.07) is 7.51. The molecule has 3 N–H and O–H groups in total. The molecule has 0 saturated carbocycles. The molecule has 2 rings (SSSR count). The van der Waals surface area contributed by atoms with Crippen LogP contribution in [0, 0.1) is 12.7 Å². The molecule has 0 saturated heterocycles. The minimum Gasteiger partial charge on any atom is -0.369 e. The Morgan fingerprint density at radius 3 is 2.68 bits per heavy atom. The standard InChI is InChI=1S/C13H12BrFN2OS/c1-7-4-8(15)6-9(5-7)17-12(13(16)18)10-2-3-11(14)19-10/h2-6,12,17H,1H3,(H2,16,18). The van der Waals surface area contributed by atoms with Crippen molar-refractivity contribution in [3.63, 3.8) is 0 Å². The number of hydrogen-bond donors (Lipinski definition) is 2. The predicted molar refractivity (Wildman–Crippen MR) is 78.7 cm³/mol. The molecule has 6 heteroatoms. The molecule has 0 aliphatic carbocycles. The molecule has 1 atom stereocenters. The summed E-state index contributed by atoms with van der Waals surface area (Å²) in [5.41, 5.74) is 6.71. The van der Waals surface area contributed by atoms with Gasteiger partial charge < -0.3 is 11.1 Å². The second-order valence-corrected chi connectivity index (χ2v) is 6.63. The second kappa shape index (κ2) is 5.71. The fourth-order valence-corrected chi connectivity index (χ4v) is 3.24. The van der Waals surface area contributed by atoms with E-state index in [1.165, 1.54) is 23.5 Å². The van der Waals surface area contributed by atoms with Crippen molar-refractivity contribution >= 4 is 38.9 Å². The summed E-state index contributed by atoms with van der Waals surface area (Å²) >= 11 is 4.75. The lowest BCUT2D eigenvalue weighted by Gasteiger charge is -2.15. The van der Waals surface area contributed by atoms with E-state index in [1.807, 2.05) is 12.1 Å². The third-order valence-electron chi connectivity index (χ3n) is 2.52. The number of anilines is 1. The maximum Gasteiger partial charge on any atom is 0.245 e. The van der Waals surface area contributed by atoms with E-state index in [0.29, 0.717) is 5.69 Å². The van der Waals surface area contributed by atoms with Crippen LogP contribution in [-0.2, 0) is 4.79 Å². The van der Waals surface area contributed by atoms with Gasteiger partial charge in [0.2, 0.25) is 5.91 Å². The number of amides is 1. The van der Waals surface area contributed by atoms with E-state index in [2.05, 4.69) is 21.2 Å². The van der Waals surface area contributed by atoms with Crippen LogP contribution < -0.4 is 11.1 Å². The van der Waals surface area contributed by atoms with Gasteiger partial charge in [-0.15, -0.1) is 11.3 Å². The van der Waals surface area contributed by atoms with Gasteiger partial charge in [-0.05, 0) is 58.7 Å². The molecule has 0 radical (unpaired) electrons. The molecule has 1 aromatic carbocycles. The Kier molecular flexibility index (Phi) is 4.21. The van der Waals surface area contributed by atoms with E-state index in [-0.39, 0.29) is 5.82 Å². The lowest BCUT2D eigenvalue weighted by atomic mass is 10.1. The van der Waals surface area contributed by atoms with E-state index in [1.54, 1.807) is 13.0 Å². The summed E-state index contributed by atoms with van der Waals surface area (Å²) in [5.74, 6) is -0.852. The van der Waals surface area contributed by atoms with Gasteiger partial charge in [0.05, 0.1) is 3.79 Å². The zero-order chi connectivity index (χ0) is 14.0. The number of hydrogen-bond acceptors (Lipinski definition) is 3. The number of nitrogens with two attached hydrogens (primary N) is 1. The van der Waals surface area contributed by atoms with E-state index < -0.39 is 11.9 Å². The Morgan fingerprint density at radius 1 is 1.42 bits per heavy atom. The van der Waals surface area contributed by atoms with Crippen LogP contribution in [0.1, 0.15) is 16.5 Å². The van der Waals surface area contributed by atoms with Crippen LogP contribution >= 0.6 is 27.3 Å². The molecule has 1 unspecified atom stereocenters. The van der Waals surface area contributed by atoms with Gasteiger partial charge in [-0.2, -0.15) is 0 Å². The summed E-state index contributed by atoms with van der Waals surface area (Å²) in [4.78, 5) is 12.3. The summed E-state index contributed by atoms with van der Waals surface area (Å²) in [7, 11) is 0. The molecular formula is C13H12BrFN2OS. The van der Waals surface area contributed by atoms with Crippen LogP contribution in [0.2, 0.25) is 0 Å². The van der Waals surface area contributed by atoms with Gasteiger partial charge in [0.1, 0.15) is 11.9 Å². The van der Waals surface area contributed by atoms with Crippen molar-refractivity contribution in [1.29, 1.82) is 0 Å². The van der Waals surface area contributed by atoms with Crippen molar-refractivity contribution in [3.8, 4) is 0 Å². The monoisotopic (exact) mass is 342 g/mol. The number of primary amides is 1. The zero-order valence-electron chi connectivity index (χ0n) is 10.1. The Morgan fingerprint density at radius 2 is 2.16 bits per heavy atom. The second-order valence-electron chi connectivity index (χ2n) is 4.14. The highest BCUT2D eigenvalue weighted by atomic mass is 79.9. The first kappa shape index (κ1) is 14.0. The molecule has 0 fully saturated rings. The first-order valence-electron chi connectivity index (χ1n) is 5.54. The topological polar surface area (TPSA) is 55.1 Å². The van der Waals surface area contributed by atoms with Gasteiger partial charge in [-0.25, -0.2) is 4.39 Å². The van der Waals surface area contributed by atoms with Gasteiger partial charge in [-0.1, -0.05) is 0 Å². The van der Waals surface area contributed by atoms with Crippen molar-refractivity contribution in [3.05, 3.63) is 50.4 Å². The Balaban J connectivity index is 2.29. The first-order chi connectivity index (χ1) is 8.95. The molecular weight excluding hydrogens is 331 g/mol. The maximum atomic E-state index is 13.3. The highest BCUT2D eigenvalue weighted by Gasteiger charge is 2.19. The van der Waals surface area contributed by atoms with E-state index in [9.17, 15) is 9.18 Å². The third kappa shape index (κ3) is 3.54. The average molecular weight is 343 g/mol. The number of carbonyl (C=O) groups is 1. The predicted octanol–water partition coefficient (Wildman–Crippen LogP) is 3.60. The summed E-state index contributed by atoms with van der Waals surface area (Å²) in [5, 5.41) is 2.96. The number of rotatable bonds is 4. The molecule has 100 valence electrons. The Hall–Kier alpha value is -1.40. The average Bonchev–Trinajstić information content (AvgIpc) is 2.70. The van der Waals surface area contributed by atoms with Gasteiger partial charge in [0, 0.05) is 10.6 Å². The Labute approximate surface area is 122 Å². The molecule has 0 spiro atoms. The molecule has 0 aliphatic heterocycles. The smallest absolute Gasteiger partial charge is 0.245 e. The van der Waals surface area contributed by atoms with E-state index in [4.69, 9.17) is 5.73 Å². The van der Waals surface area contributed by atoms with Crippen molar-refractivity contribution in [2.45, 2.75) is 13.0 Å². The maximum absolute atomic E-state index is 13.3. The summed E-state index contributed by atoms with van der Waals surface area (Å²) in [6.45, 7) is 1.79. The van der Waals surface area contributed by atoms with E-state index >= 15 is 0 Å². The lowest BCUT2D eigenvalue weighted by molar-refractivity contribution is -0.118. The van der Waals surface area contributed by atoms with Crippen molar-refractivity contribution in [2.24, 2.45) is 5.73 Å². The van der Waals surface area contributed by atoms with Crippen molar-refractivity contribution in [1.82, 2.24) is 0 Å². The zero-order valence-corrected chi connectivity index (χ0v) is 12.5. The van der Waals surface area contributed by atoms with E-state index in [0.717, 1.165) is 14.2 Å². The number of nitrogens with one attached hydrogen (secondary N) is 1. The third-order valence-corrected chi connectivity index (χ3v) is 4.20. The van der Waals surface area contributed by atoms with Crippen LogP contribution in [0.4, 0.5) is 10.1 Å².